The van der Waals surface area contributed by atoms with Gasteiger partial charge in [0, 0.05) is 18.7 Å². The van der Waals surface area contributed by atoms with Gasteiger partial charge in [0.15, 0.2) is 6.61 Å². The number of carbonyl (C=O) groups is 2. The number of hydrogen-bond donors (Lipinski definition) is 1. The van der Waals surface area contributed by atoms with Crippen LogP contribution in [0.25, 0.3) is 6.08 Å². The first-order chi connectivity index (χ1) is 13.0. The molecule has 0 radical (unpaired) electrons. The van der Waals surface area contributed by atoms with Gasteiger partial charge in [0.2, 0.25) is 0 Å². The SMILES string of the molecule is COc1ccc(CNC(=O)COC(=O)/C=C/c2ccccc2[N+](=O)[O-])cc1. The van der Waals surface area contributed by atoms with Gasteiger partial charge in [0.05, 0.1) is 17.6 Å². The minimum atomic E-state index is -0.771. The topological polar surface area (TPSA) is 108 Å². The van der Waals surface area contributed by atoms with Gasteiger partial charge in [-0.25, -0.2) is 4.79 Å². The monoisotopic (exact) mass is 370 g/mol. The van der Waals surface area contributed by atoms with Crippen molar-refractivity contribution in [3.63, 3.8) is 0 Å². The van der Waals surface area contributed by atoms with Crippen LogP contribution in [-0.4, -0.2) is 30.5 Å². The maximum atomic E-state index is 11.7. The Balaban J connectivity index is 1.79. The van der Waals surface area contributed by atoms with Gasteiger partial charge in [-0.2, -0.15) is 0 Å². The van der Waals surface area contributed by atoms with Gasteiger partial charge in [0.25, 0.3) is 11.6 Å². The van der Waals surface area contributed by atoms with E-state index in [1.54, 1.807) is 37.4 Å². The van der Waals surface area contributed by atoms with Gasteiger partial charge in [-0.1, -0.05) is 24.3 Å². The summed E-state index contributed by atoms with van der Waals surface area (Å²) in [6, 6.07) is 13.1. The lowest BCUT2D eigenvalue weighted by Crippen LogP contribution is -2.28. The van der Waals surface area contributed by atoms with Crippen LogP contribution in [0.15, 0.2) is 54.6 Å². The highest BCUT2D eigenvalue weighted by molar-refractivity contribution is 5.89. The van der Waals surface area contributed by atoms with Crippen LogP contribution in [0.1, 0.15) is 11.1 Å². The molecule has 0 bridgehead atoms. The van der Waals surface area contributed by atoms with E-state index in [2.05, 4.69) is 5.32 Å². The Bertz CT molecular complexity index is 846. The zero-order valence-electron chi connectivity index (χ0n) is 14.6. The summed E-state index contributed by atoms with van der Waals surface area (Å²) in [7, 11) is 1.57. The molecule has 0 aliphatic rings. The Hall–Kier alpha value is -3.68. The van der Waals surface area contributed by atoms with Crippen LogP contribution >= 0.6 is 0 Å². The van der Waals surface area contributed by atoms with Crippen LogP contribution in [0.4, 0.5) is 5.69 Å². The molecule has 0 aliphatic carbocycles. The number of amides is 1. The molecule has 27 heavy (non-hydrogen) atoms. The highest BCUT2D eigenvalue weighted by Crippen LogP contribution is 2.18. The Labute approximate surface area is 155 Å². The second kappa shape index (κ2) is 9.71. The Kier molecular flexibility index (Phi) is 7.07. The number of para-hydroxylation sites is 1. The smallest absolute Gasteiger partial charge is 0.331 e. The van der Waals surface area contributed by atoms with Crippen LogP contribution < -0.4 is 10.1 Å². The van der Waals surface area contributed by atoms with E-state index in [0.29, 0.717) is 5.75 Å². The number of ether oxygens (including phenoxy) is 2. The van der Waals surface area contributed by atoms with Crippen molar-refractivity contribution < 1.29 is 24.0 Å². The number of nitro benzene ring substituents is 1. The quantitative estimate of drug-likeness (QED) is 0.331. The van der Waals surface area contributed by atoms with Crippen molar-refractivity contribution >= 4 is 23.6 Å². The number of nitrogens with one attached hydrogen (secondary N) is 1. The summed E-state index contributed by atoms with van der Waals surface area (Å²) in [5.74, 6) is -0.518. The maximum absolute atomic E-state index is 11.7. The fourth-order valence-electron chi connectivity index (χ4n) is 2.13. The summed E-state index contributed by atoms with van der Waals surface area (Å²) < 4.78 is 9.87. The molecule has 140 valence electrons. The summed E-state index contributed by atoms with van der Waals surface area (Å²) in [6.07, 6.45) is 2.31. The van der Waals surface area contributed by atoms with Crippen LogP contribution in [-0.2, 0) is 20.9 Å². The molecule has 0 spiro atoms. The number of rotatable bonds is 8. The van der Waals surface area contributed by atoms with Crippen molar-refractivity contribution in [1.29, 1.82) is 0 Å². The lowest BCUT2D eigenvalue weighted by Gasteiger charge is -2.06. The minimum absolute atomic E-state index is 0.126. The van der Waals surface area contributed by atoms with Gasteiger partial charge in [0.1, 0.15) is 5.75 Å². The van der Waals surface area contributed by atoms with Crippen LogP contribution in [0.2, 0.25) is 0 Å². The van der Waals surface area contributed by atoms with Crippen molar-refractivity contribution in [2.24, 2.45) is 0 Å². The van der Waals surface area contributed by atoms with E-state index < -0.39 is 23.4 Å². The maximum Gasteiger partial charge on any atom is 0.331 e. The lowest BCUT2D eigenvalue weighted by atomic mass is 10.1. The molecule has 0 atom stereocenters. The second-order valence-electron chi connectivity index (χ2n) is 5.38. The fraction of sp³-hybridized carbons (Fsp3) is 0.158. The average Bonchev–Trinajstić information content (AvgIpc) is 2.69. The predicted molar refractivity (Wildman–Crippen MR) is 97.9 cm³/mol. The van der Waals surface area contributed by atoms with Crippen LogP contribution in [0.3, 0.4) is 0 Å². The molecule has 0 saturated carbocycles. The number of esters is 1. The minimum Gasteiger partial charge on any atom is -0.497 e. The first kappa shape index (κ1) is 19.6. The van der Waals surface area contributed by atoms with Gasteiger partial charge in [-0.05, 0) is 29.8 Å². The summed E-state index contributed by atoms with van der Waals surface area (Å²) >= 11 is 0. The zero-order valence-corrected chi connectivity index (χ0v) is 14.6. The molecular weight excluding hydrogens is 352 g/mol. The Morgan fingerprint density at radius 3 is 2.52 bits per heavy atom. The zero-order chi connectivity index (χ0) is 19.6. The van der Waals surface area contributed by atoms with Crippen molar-refractivity contribution in [3.05, 3.63) is 75.8 Å². The van der Waals surface area contributed by atoms with E-state index in [4.69, 9.17) is 9.47 Å². The number of methoxy groups -OCH3 is 1. The molecule has 1 N–H and O–H groups in total. The van der Waals surface area contributed by atoms with E-state index in [0.717, 1.165) is 11.6 Å². The number of nitro groups is 1. The molecule has 0 aromatic heterocycles. The normalized spacial score (nSPS) is 10.4. The summed E-state index contributed by atoms with van der Waals surface area (Å²) in [4.78, 5) is 33.8. The predicted octanol–water partition coefficient (Wildman–Crippen LogP) is 2.48. The standard InChI is InChI=1S/C19H18N2O6/c1-26-16-9-6-14(7-10-16)12-20-18(22)13-27-19(23)11-8-15-4-2-3-5-17(15)21(24)25/h2-11H,12-13H2,1H3,(H,20,22)/b11-8+. The molecule has 1 amide bonds. The lowest BCUT2D eigenvalue weighted by molar-refractivity contribution is -0.385. The van der Waals surface area contributed by atoms with E-state index in [9.17, 15) is 19.7 Å². The third-order valence-electron chi connectivity index (χ3n) is 3.53. The van der Waals surface area contributed by atoms with Gasteiger partial charge in [-0.3, -0.25) is 14.9 Å². The average molecular weight is 370 g/mol. The third kappa shape index (κ3) is 6.28. The largest absolute Gasteiger partial charge is 0.497 e. The second-order valence-corrected chi connectivity index (χ2v) is 5.38. The van der Waals surface area contributed by atoms with Gasteiger partial charge < -0.3 is 14.8 Å². The number of hydrogen-bond acceptors (Lipinski definition) is 6. The molecule has 2 aromatic rings. The molecule has 8 nitrogen and oxygen atoms in total. The summed E-state index contributed by atoms with van der Waals surface area (Å²) in [5.41, 5.74) is 1.01. The highest BCUT2D eigenvalue weighted by atomic mass is 16.6. The molecule has 2 aromatic carbocycles. The molecule has 0 heterocycles. The van der Waals surface area contributed by atoms with Gasteiger partial charge in [-0.15, -0.1) is 0 Å². The fourth-order valence-corrected chi connectivity index (χ4v) is 2.13. The van der Waals surface area contributed by atoms with Crippen LogP contribution in [0.5, 0.6) is 5.75 Å². The van der Waals surface area contributed by atoms with Crippen LogP contribution in [0, 0.1) is 10.1 Å². The summed E-state index contributed by atoms with van der Waals surface area (Å²) in [5, 5.41) is 13.5. The Morgan fingerprint density at radius 2 is 1.85 bits per heavy atom. The number of carbonyl (C=O) groups excluding carboxylic acids is 2. The first-order valence-electron chi connectivity index (χ1n) is 7.97. The third-order valence-corrected chi connectivity index (χ3v) is 3.53. The molecular formula is C19H18N2O6. The van der Waals surface area contributed by atoms with E-state index in [1.165, 1.54) is 24.3 Å². The van der Waals surface area contributed by atoms with Crippen molar-refractivity contribution in [2.75, 3.05) is 13.7 Å². The molecule has 0 unspecified atom stereocenters. The summed E-state index contributed by atoms with van der Waals surface area (Å²) in [6.45, 7) is -0.164. The van der Waals surface area contributed by atoms with Crippen molar-refractivity contribution in [1.82, 2.24) is 5.32 Å². The molecule has 0 fully saturated rings. The van der Waals surface area contributed by atoms with E-state index in [1.807, 2.05) is 0 Å². The van der Waals surface area contributed by atoms with E-state index in [-0.39, 0.29) is 17.8 Å². The number of benzene rings is 2. The highest BCUT2D eigenvalue weighted by Gasteiger charge is 2.10. The van der Waals surface area contributed by atoms with E-state index >= 15 is 0 Å². The van der Waals surface area contributed by atoms with Crippen molar-refractivity contribution in [2.45, 2.75) is 6.54 Å². The molecule has 0 saturated heterocycles. The molecule has 0 aliphatic heterocycles. The molecule has 2 rings (SSSR count). The Morgan fingerprint density at radius 1 is 1.15 bits per heavy atom. The van der Waals surface area contributed by atoms with Crippen molar-refractivity contribution in [3.8, 4) is 5.75 Å². The number of nitrogens with zero attached hydrogens (tertiary/aromatic N) is 1. The van der Waals surface area contributed by atoms with Gasteiger partial charge >= 0.3 is 5.97 Å². The first-order valence-corrected chi connectivity index (χ1v) is 7.97. The molecule has 8 heteroatoms.